The number of carbonyl (C=O) groups is 1. The quantitative estimate of drug-likeness (QED) is 0.592. The highest BCUT2D eigenvalue weighted by molar-refractivity contribution is 6.04. The van der Waals surface area contributed by atoms with Crippen molar-refractivity contribution in [2.45, 2.75) is 6.92 Å². The summed E-state index contributed by atoms with van der Waals surface area (Å²) in [6.45, 7) is 1.89. The number of nitrogen functional groups attached to an aromatic ring is 1. The Bertz CT molecular complexity index is 654. The summed E-state index contributed by atoms with van der Waals surface area (Å²) in [5.41, 5.74) is 7.65. The van der Waals surface area contributed by atoms with E-state index in [1.807, 2.05) is 13.0 Å². The second-order valence-corrected chi connectivity index (χ2v) is 4.41. The lowest BCUT2D eigenvalue weighted by molar-refractivity contribution is 0.102. The number of hydrogen-bond acceptors (Lipinski definition) is 4. The fourth-order valence-electron chi connectivity index (χ4n) is 1.84. The summed E-state index contributed by atoms with van der Waals surface area (Å²) in [6, 6.07) is 9.73. The summed E-state index contributed by atoms with van der Waals surface area (Å²) < 4.78 is 5.16. The summed E-state index contributed by atoms with van der Waals surface area (Å²) in [5, 5.41) is 12.3. The van der Waals surface area contributed by atoms with E-state index in [1.54, 1.807) is 25.3 Å². The highest BCUT2D eigenvalue weighted by Gasteiger charge is 2.09. The summed E-state index contributed by atoms with van der Waals surface area (Å²) in [6.07, 6.45) is 0. The Hall–Kier alpha value is -2.69. The van der Waals surface area contributed by atoms with Crippen molar-refractivity contribution >= 4 is 17.3 Å². The van der Waals surface area contributed by atoms with Crippen LogP contribution in [0.15, 0.2) is 36.4 Å². The van der Waals surface area contributed by atoms with Crippen molar-refractivity contribution in [3.63, 3.8) is 0 Å². The van der Waals surface area contributed by atoms with Crippen molar-refractivity contribution in [2.75, 3.05) is 18.2 Å². The average Bonchev–Trinajstić information content (AvgIpc) is 2.42. The van der Waals surface area contributed by atoms with Crippen LogP contribution in [0.3, 0.4) is 0 Å². The van der Waals surface area contributed by atoms with Crippen LogP contribution in [0.2, 0.25) is 0 Å². The summed E-state index contributed by atoms with van der Waals surface area (Å²) in [5.74, 6) is 0.335. The molecule has 5 nitrogen and oxygen atoms in total. The van der Waals surface area contributed by atoms with Gasteiger partial charge < -0.3 is 20.9 Å². The number of methoxy groups -OCH3 is 1. The predicted molar refractivity (Wildman–Crippen MR) is 78.2 cm³/mol. The molecule has 20 heavy (non-hydrogen) atoms. The largest absolute Gasteiger partial charge is 0.506 e. The Labute approximate surface area is 117 Å². The molecule has 2 rings (SSSR count). The third-order valence-corrected chi connectivity index (χ3v) is 2.95. The fourth-order valence-corrected chi connectivity index (χ4v) is 1.84. The molecule has 0 fully saturated rings. The molecular formula is C15H16N2O3. The van der Waals surface area contributed by atoms with E-state index in [1.165, 1.54) is 12.1 Å². The number of phenolic OH excluding ortho intramolecular Hbond substituents is 1. The molecule has 0 spiro atoms. The first-order valence-electron chi connectivity index (χ1n) is 6.05. The van der Waals surface area contributed by atoms with E-state index < -0.39 is 0 Å². The van der Waals surface area contributed by atoms with Gasteiger partial charge in [0, 0.05) is 11.3 Å². The third kappa shape index (κ3) is 2.83. The molecule has 0 aromatic heterocycles. The Morgan fingerprint density at radius 2 is 2.00 bits per heavy atom. The first kappa shape index (κ1) is 13.7. The minimum Gasteiger partial charge on any atom is -0.506 e. The van der Waals surface area contributed by atoms with Gasteiger partial charge >= 0.3 is 0 Å². The van der Waals surface area contributed by atoms with Crippen LogP contribution in [0.5, 0.6) is 11.5 Å². The van der Waals surface area contributed by atoms with E-state index in [2.05, 4.69) is 5.32 Å². The zero-order valence-corrected chi connectivity index (χ0v) is 11.3. The molecule has 0 aliphatic carbocycles. The van der Waals surface area contributed by atoms with Crippen molar-refractivity contribution < 1.29 is 14.6 Å². The number of anilines is 2. The first-order chi connectivity index (χ1) is 9.51. The number of nitrogens with one attached hydrogen (secondary N) is 1. The molecule has 0 unspecified atom stereocenters. The number of carbonyl (C=O) groups excluding carboxylic acids is 1. The zero-order valence-electron chi connectivity index (χ0n) is 11.3. The monoisotopic (exact) mass is 272 g/mol. The molecule has 0 saturated carbocycles. The van der Waals surface area contributed by atoms with Crippen molar-refractivity contribution in [3.8, 4) is 11.5 Å². The maximum absolute atomic E-state index is 12.0. The number of ether oxygens (including phenoxy) is 1. The molecule has 0 heterocycles. The van der Waals surface area contributed by atoms with Crippen LogP contribution in [0.4, 0.5) is 11.4 Å². The maximum atomic E-state index is 12.0. The fraction of sp³-hybridized carbons (Fsp3) is 0.133. The molecule has 0 bridgehead atoms. The van der Waals surface area contributed by atoms with Gasteiger partial charge in [-0.3, -0.25) is 4.79 Å². The van der Waals surface area contributed by atoms with Gasteiger partial charge in [0.2, 0.25) is 0 Å². The van der Waals surface area contributed by atoms with Gasteiger partial charge in [-0.25, -0.2) is 0 Å². The van der Waals surface area contributed by atoms with Gasteiger partial charge in [-0.15, -0.1) is 0 Å². The van der Waals surface area contributed by atoms with E-state index in [0.29, 0.717) is 11.3 Å². The SMILES string of the molecule is COc1ccc(NC(=O)c2ccc(N)c(O)c2)cc1C. The van der Waals surface area contributed by atoms with E-state index in [9.17, 15) is 9.90 Å². The number of benzene rings is 2. The number of nitrogens with two attached hydrogens (primary N) is 1. The number of phenols is 1. The number of aromatic hydroxyl groups is 1. The number of hydrogen-bond donors (Lipinski definition) is 3. The standard InChI is InChI=1S/C15H16N2O3/c1-9-7-11(4-6-14(9)20-2)17-15(19)10-3-5-12(16)13(18)8-10/h3-8,18H,16H2,1-2H3,(H,17,19). The van der Waals surface area contributed by atoms with Crippen LogP contribution in [0.25, 0.3) is 0 Å². The number of rotatable bonds is 3. The second-order valence-electron chi connectivity index (χ2n) is 4.41. The normalized spacial score (nSPS) is 10.1. The highest BCUT2D eigenvalue weighted by atomic mass is 16.5. The number of aryl methyl sites for hydroxylation is 1. The summed E-state index contributed by atoms with van der Waals surface area (Å²) >= 11 is 0. The second kappa shape index (κ2) is 5.52. The molecule has 0 aliphatic rings. The van der Waals surface area contributed by atoms with Gasteiger partial charge in [0.25, 0.3) is 5.91 Å². The van der Waals surface area contributed by atoms with Gasteiger partial charge in [-0.05, 0) is 48.9 Å². The highest BCUT2D eigenvalue weighted by Crippen LogP contribution is 2.23. The lowest BCUT2D eigenvalue weighted by Gasteiger charge is -2.09. The minimum atomic E-state index is -0.315. The van der Waals surface area contributed by atoms with Crippen molar-refractivity contribution in [1.82, 2.24) is 0 Å². The molecular weight excluding hydrogens is 256 g/mol. The Kier molecular flexibility index (Phi) is 3.79. The lowest BCUT2D eigenvalue weighted by Crippen LogP contribution is -2.12. The smallest absolute Gasteiger partial charge is 0.255 e. The van der Waals surface area contributed by atoms with Gasteiger partial charge in [0.1, 0.15) is 11.5 Å². The van der Waals surface area contributed by atoms with Crippen LogP contribution in [-0.4, -0.2) is 18.1 Å². The third-order valence-electron chi connectivity index (χ3n) is 2.95. The van der Waals surface area contributed by atoms with Crippen molar-refractivity contribution in [1.29, 1.82) is 0 Å². The molecule has 2 aromatic carbocycles. The molecule has 1 amide bonds. The van der Waals surface area contributed by atoms with E-state index >= 15 is 0 Å². The van der Waals surface area contributed by atoms with Gasteiger partial charge in [0.15, 0.2) is 0 Å². The lowest BCUT2D eigenvalue weighted by atomic mass is 10.1. The maximum Gasteiger partial charge on any atom is 0.255 e. The van der Waals surface area contributed by atoms with Gasteiger partial charge in [0.05, 0.1) is 12.8 Å². The van der Waals surface area contributed by atoms with E-state index in [4.69, 9.17) is 10.5 Å². The van der Waals surface area contributed by atoms with Crippen LogP contribution in [-0.2, 0) is 0 Å². The first-order valence-corrected chi connectivity index (χ1v) is 6.05. The van der Waals surface area contributed by atoms with Crippen LogP contribution in [0.1, 0.15) is 15.9 Å². The van der Waals surface area contributed by atoms with Gasteiger partial charge in [-0.2, -0.15) is 0 Å². The molecule has 0 radical (unpaired) electrons. The molecule has 2 aromatic rings. The van der Waals surface area contributed by atoms with E-state index in [0.717, 1.165) is 11.3 Å². The molecule has 0 saturated heterocycles. The van der Waals surface area contributed by atoms with Gasteiger partial charge in [-0.1, -0.05) is 0 Å². The Morgan fingerprint density at radius 3 is 2.60 bits per heavy atom. The molecule has 0 aliphatic heterocycles. The molecule has 5 heteroatoms. The molecule has 4 N–H and O–H groups in total. The van der Waals surface area contributed by atoms with Crippen LogP contribution >= 0.6 is 0 Å². The molecule has 104 valence electrons. The summed E-state index contributed by atoms with van der Waals surface area (Å²) in [4.78, 5) is 12.0. The van der Waals surface area contributed by atoms with Crippen LogP contribution < -0.4 is 15.8 Å². The minimum absolute atomic E-state index is 0.108. The summed E-state index contributed by atoms with van der Waals surface area (Å²) in [7, 11) is 1.59. The number of amides is 1. The topological polar surface area (TPSA) is 84.6 Å². The predicted octanol–water partition coefficient (Wildman–Crippen LogP) is 2.54. The average molecular weight is 272 g/mol. The Balaban J connectivity index is 2.19. The van der Waals surface area contributed by atoms with E-state index in [-0.39, 0.29) is 17.3 Å². The Morgan fingerprint density at radius 1 is 1.25 bits per heavy atom. The molecule has 0 atom stereocenters. The zero-order chi connectivity index (χ0) is 14.7. The van der Waals surface area contributed by atoms with Crippen LogP contribution in [0, 0.1) is 6.92 Å². The van der Waals surface area contributed by atoms with Crippen molar-refractivity contribution in [2.24, 2.45) is 0 Å². The van der Waals surface area contributed by atoms with Crippen molar-refractivity contribution in [3.05, 3.63) is 47.5 Å².